The molecule has 0 radical (unpaired) electrons. The van der Waals surface area contributed by atoms with Crippen molar-refractivity contribution in [2.24, 2.45) is 0 Å². The first-order valence-electron chi connectivity index (χ1n) is 6.95. The van der Waals surface area contributed by atoms with E-state index in [4.69, 9.17) is 0 Å². The van der Waals surface area contributed by atoms with E-state index in [1.807, 2.05) is 6.07 Å². The number of carbonyl (C=O) groups excluding carboxylic acids is 2. The zero-order chi connectivity index (χ0) is 17.7. The topological polar surface area (TPSA) is 110 Å². The number of benzene rings is 2. The fourth-order valence-corrected chi connectivity index (χ4v) is 2.05. The van der Waals surface area contributed by atoms with Crippen molar-refractivity contribution in [1.82, 2.24) is 0 Å². The van der Waals surface area contributed by atoms with Crippen molar-refractivity contribution in [1.29, 1.82) is 0 Å². The first-order chi connectivity index (χ1) is 11.4. The molecule has 0 unspecified atom stereocenters. The molecule has 0 bridgehead atoms. The van der Waals surface area contributed by atoms with Crippen molar-refractivity contribution < 1.29 is 19.6 Å². The number of anilines is 1. The Morgan fingerprint density at radius 3 is 2.46 bits per heavy atom. The van der Waals surface area contributed by atoms with Gasteiger partial charge in [0.2, 0.25) is 11.7 Å². The van der Waals surface area contributed by atoms with Gasteiger partial charge in [0.1, 0.15) is 0 Å². The first-order valence-corrected chi connectivity index (χ1v) is 6.95. The molecule has 24 heavy (non-hydrogen) atoms. The third-order valence-electron chi connectivity index (χ3n) is 3.10. The van der Waals surface area contributed by atoms with E-state index >= 15 is 0 Å². The number of carbonyl (C=O) groups is 2. The van der Waals surface area contributed by atoms with Gasteiger partial charge in [0.15, 0.2) is 5.78 Å². The number of nitrogens with zero attached hydrogens (tertiary/aromatic N) is 1. The van der Waals surface area contributed by atoms with Gasteiger partial charge in [0, 0.05) is 18.7 Å². The Morgan fingerprint density at radius 2 is 1.88 bits per heavy atom. The Bertz CT molecular complexity index is 828. The summed E-state index contributed by atoms with van der Waals surface area (Å²) in [6.45, 7) is 1.23. The van der Waals surface area contributed by atoms with Crippen LogP contribution in [0.2, 0.25) is 0 Å². The molecule has 7 heteroatoms. The van der Waals surface area contributed by atoms with Crippen molar-refractivity contribution >= 4 is 29.1 Å². The molecule has 2 N–H and O–H groups in total. The van der Waals surface area contributed by atoms with Crippen LogP contribution in [0, 0.1) is 10.1 Å². The molecule has 0 aliphatic rings. The molecule has 0 aliphatic carbocycles. The van der Waals surface area contributed by atoms with Crippen molar-refractivity contribution in [3.63, 3.8) is 0 Å². The predicted octanol–water partition coefficient (Wildman–Crippen LogP) is 3.15. The Hall–Kier alpha value is -3.48. The zero-order valence-corrected chi connectivity index (χ0v) is 12.7. The number of hydrogen-bond acceptors (Lipinski definition) is 5. The summed E-state index contributed by atoms with van der Waals surface area (Å²) < 4.78 is 0. The Balaban J connectivity index is 2.42. The maximum atomic E-state index is 12.3. The number of phenols is 1. The van der Waals surface area contributed by atoms with E-state index in [-0.39, 0.29) is 11.3 Å². The highest BCUT2D eigenvalue weighted by molar-refractivity contribution is 6.10. The fraction of sp³-hybridized carbons (Fsp3) is 0.0588. The molecule has 0 heterocycles. The number of phenolic OH excluding ortho intramolecular Hbond substituents is 1. The van der Waals surface area contributed by atoms with Crippen LogP contribution in [0.3, 0.4) is 0 Å². The third kappa shape index (κ3) is 4.04. The monoisotopic (exact) mass is 326 g/mol. The molecular weight excluding hydrogens is 312 g/mol. The lowest BCUT2D eigenvalue weighted by molar-refractivity contribution is -0.385. The van der Waals surface area contributed by atoms with Crippen molar-refractivity contribution in [2.75, 3.05) is 5.32 Å². The number of nitro groups is 1. The van der Waals surface area contributed by atoms with Crippen LogP contribution < -0.4 is 5.32 Å². The van der Waals surface area contributed by atoms with Crippen LogP contribution in [0.25, 0.3) is 6.08 Å². The summed E-state index contributed by atoms with van der Waals surface area (Å²) in [6.07, 6.45) is 2.73. The number of aromatic hydroxyl groups is 1. The summed E-state index contributed by atoms with van der Waals surface area (Å²) in [7, 11) is 0. The molecular formula is C17H14N2O5. The molecule has 2 aromatic carbocycles. The second kappa shape index (κ2) is 7.19. The molecule has 2 rings (SSSR count). The minimum absolute atomic E-state index is 0.0588. The standard InChI is InChI=1S/C17H14N2O5/c1-11(20)18-13-9-14(17(22)15(10-13)19(23)24)16(21)8-7-12-5-3-2-4-6-12/h2-10,22H,1H3,(H,18,20). The average molecular weight is 326 g/mol. The van der Waals surface area contributed by atoms with Crippen LogP contribution in [0.4, 0.5) is 11.4 Å². The molecule has 0 aliphatic heterocycles. The summed E-state index contributed by atoms with van der Waals surface area (Å²) in [4.78, 5) is 33.6. The lowest BCUT2D eigenvalue weighted by Crippen LogP contribution is -2.08. The first kappa shape index (κ1) is 16.9. The normalized spacial score (nSPS) is 10.5. The number of hydrogen-bond donors (Lipinski definition) is 2. The maximum absolute atomic E-state index is 12.3. The van der Waals surface area contributed by atoms with Crippen molar-refractivity contribution in [3.05, 3.63) is 69.8 Å². The van der Waals surface area contributed by atoms with E-state index in [1.54, 1.807) is 24.3 Å². The van der Waals surface area contributed by atoms with Crippen LogP contribution in [-0.2, 0) is 4.79 Å². The SMILES string of the molecule is CC(=O)Nc1cc(C(=O)C=Cc2ccccc2)c(O)c([N+](=O)[O-])c1. The van der Waals surface area contributed by atoms with Gasteiger partial charge in [-0.25, -0.2) is 0 Å². The summed E-state index contributed by atoms with van der Waals surface area (Å²) in [5.41, 5.74) is -0.0980. The molecule has 0 spiro atoms. The third-order valence-corrected chi connectivity index (χ3v) is 3.10. The van der Waals surface area contributed by atoms with Crippen LogP contribution in [0.15, 0.2) is 48.5 Å². The van der Waals surface area contributed by atoms with Gasteiger partial charge >= 0.3 is 5.69 Å². The van der Waals surface area contributed by atoms with Gasteiger partial charge in [-0.1, -0.05) is 36.4 Å². The molecule has 0 aromatic heterocycles. The summed E-state index contributed by atoms with van der Waals surface area (Å²) >= 11 is 0. The van der Waals surface area contributed by atoms with Gasteiger partial charge in [-0.2, -0.15) is 0 Å². The molecule has 2 aromatic rings. The molecule has 0 fully saturated rings. The van der Waals surface area contributed by atoms with Gasteiger partial charge in [0.25, 0.3) is 0 Å². The summed E-state index contributed by atoms with van der Waals surface area (Å²) in [5.74, 6) is -1.81. The van der Waals surface area contributed by atoms with Gasteiger partial charge in [-0.05, 0) is 17.7 Å². The number of allylic oxidation sites excluding steroid dienone is 1. The van der Waals surface area contributed by atoms with E-state index in [0.29, 0.717) is 0 Å². The highest BCUT2D eigenvalue weighted by atomic mass is 16.6. The zero-order valence-electron chi connectivity index (χ0n) is 12.7. The van der Waals surface area contributed by atoms with E-state index < -0.39 is 28.1 Å². The van der Waals surface area contributed by atoms with Gasteiger partial charge < -0.3 is 10.4 Å². The molecule has 122 valence electrons. The minimum atomic E-state index is -0.821. The molecule has 7 nitrogen and oxygen atoms in total. The number of nitro benzene ring substituents is 1. The predicted molar refractivity (Wildman–Crippen MR) is 88.9 cm³/mol. The van der Waals surface area contributed by atoms with Crippen molar-refractivity contribution in [2.45, 2.75) is 6.92 Å². The lowest BCUT2D eigenvalue weighted by Gasteiger charge is -2.07. The van der Waals surface area contributed by atoms with Crippen LogP contribution in [0.1, 0.15) is 22.8 Å². The molecule has 1 amide bonds. The van der Waals surface area contributed by atoms with Crippen LogP contribution in [-0.4, -0.2) is 21.7 Å². The number of rotatable bonds is 5. The van der Waals surface area contributed by atoms with Crippen molar-refractivity contribution in [3.8, 4) is 5.75 Å². The maximum Gasteiger partial charge on any atom is 0.313 e. The highest BCUT2D eigenvalue weighted by Gasteiger charge is 2.22. The largest absolute Gasteiger partial charge is 0.502 e. The second-order valence-corrected chi connectivity index (χ2v) is 4.94. The summed E-state index contributed by atoms with van der Waals surface area (Å²) in [6, 6.07) is 11.2. The Morgan fingerprint density at radius 1 is 1.21 bits per heavy atom. The Labute approximate surface area is 137 Å². The minimum Gasteiger partial charge on any atom is -0.502 e. The van der Waals surface area contributed by atoms with Gasteiger partial charge in [0.05, 0.1) is 10.5 Å². The molecule has 0 saturated carbocycles. The molecule has 0 atom stereocenters. The van der Waals surface area contributed by atoms with E-state index in [1.165, 1.54) is 25.1 Å². The number of nitrogens with one attached hydrogen (secondary N) is 1. The number of amides is 1. The van der Waals surface area contributed by atoms with Crippen LogP contribution in [0.5, 0.6) is 5.75 Å². The smallest absolute Gasteiger partial charge is 0.313 e. The number of ketones is 1. The molecule has 0 saturated heterocycles. The van der Waals surface area contributed by atoms with E-state index in [2.05, 4.69) is 5.32 Å². The summed E-state index contributed by atoms with van der Waals surface area (Å²) in [5, 5.41) is 23.4. The van der Waals surface area contributed by atoms with Gasteiger partial charge in [-0.3, -0.25) is 19.7 Å². The average Bonchev–Trinajstić information content (AvgIpc) is 2.54. The second-order valence-electron chi connectivity index (χ2n) is 4.94. The Kier molecular flexibility index (Phi) is 5.06. The quantitative estimate of drug-likeness (QED) is 0.288. The fourth-order valence-electron chi connectivity index (χ4n) is 2.05. The van der Waals surface area contributed by atoms with E-state index in [0.717, 1.165) is 11.6 Å². The highest BCUT2D eigenvalue weighted by Crippen LogP contribution is 2.34. The van der Waals surface area contributed by atoms with E-state index in [9.17, 15) is 24.8 Å². The van der Waals surface area contributed by atoms with Crippen LogP contribution >= 0.6 is 0 Å². The van der Waals surface area contributed by atoms with Gasteiger partial charge in [-0.15, -0.1) is 0 Å². The lowest BCUT2D eigenvalue weighted by atomic mass is 10.1.